The highest BCUT2D eigenvalue weighted by atomic mass is 28.3. The molecule has 0 saturated heterocycles. The molecule has 0 bridgehead atoms. The molecule has 0 amide bonds. The molecular weight excluding hydrogens is 214 g/mol. The Kier molecular flexibility index (Phi) is 1.86. The largest absolute Gasteiger partial charge is 0.331 e. The number of imidazole rings is 1. The fraction of sp³-hybridized carbons (Fsp3) is 0.333. The van der Waals surface area contributed by atoms with Crippen LogP contribution in [0.4, 0.5) is 0 Å². The number of hydrogen-bond donors (Lipinski definition) is 0. The van der Waals surface area contributed by atoms with Gasteiger partial charge in [-0.05, 0) is 19.1 Å². The smallest absolute Gasteiger partial charge is 0.141 e. The van der Waals surface area contributed by atoms with Gasteiger partial charge in [-0.2, -0.15) is 0 Å². The van der Waals surface area contributed by atoms with E-state index in [9.17, 15) is 0 Å². The van der Waals surface area contributed by atoms with Gasteiger partial charge in [-0.1, -0.05) is 13.1 Å². The monoisotopic (exact) mass is 229 g/mol. The third kappa shape index (κ3) is 1.19. The number of hydrogen-bond acceptors (Lipinski definition) is 2. The Morgan fingerprint density at radius 1 is 1.31 bits per heavy atom. The maximum absolute atomic E-state index is 4.59. The number of nitrogens with zero attached hydrogens (tertiary/aromatic N) is 3. The fourth-order valence-electron chi connectivity index (χ4n) is 2.47. The molecule has 0 radical (unpaired) electrons. The highest BCUT2D eigenvalue weighted by molar-refractivity contribution is 6.89. The fourth-order valence-corrected chi connectivity index (χ4v) is 5.16. The molecule has 3 heterocycles. The topological polar surface area (TPSA) is 30.7 Å². The molecule has 0 aliphatic carbocycles. The van der Waals surface area contributed by atoms with Crippen LogP contribution in [0.5, 0.6) is 0 Å². The Balaban J connectivity index is 2.34. The van der Waals surface area contributed by atoms with Gasteiger partial charge in [0.15, 0.2) is 0 Å². The van der Waals surface area contributed by atoms with Crippen LogP contribution in [0, 0.1) is 6.92 Å². The normalized spacial score (nSPS) is 16.7. The molecule has 2 aromatic rings. The van der Waals surface area contributed by atoms with Gasteiger partial charge < -0.3 is 4.57 Å². The van der Waals surface area contributed by atoms with Crippen LogP contribution < -0.4 is 5.32 Å². The molecule has 0 unspecified atom stereocenters. The molecule has 2 aromatic heterocycles. The maximum Gasteiger partial charge on any atom is 0.141 e. The van der Waals surface area contributed by atoms with Gasteiger partial charge in [0.25, 0.3) is 0 Å². The van der Waals surface area contributed by atoms with E-state index in [4.69, 9.17) is 0 Å². The molecule has 0 fully saturated rings. The third-order valence-electron chi connectivity index (χ3n) is 3.30. The van der Waals surface area contributed by atoms with Gasteiger partial charge in [-0.25, -0.2) is 4.98 Å². The lowest BCUT2D eigenvalue weighted by molar-refractivity contribution is 0.821. The van der Waals surface area contributed by atoms with E-state index in [2.05, 4.69) is 40.6 Å². The van der Waals surface area contributed by atoms with E-state index in [1.807, 2.05) is 18.5 Å². The average molecular weight is 229 g/mol. The van der Waals surface area contributed by atoms with Gasteiger partial charge in [-0.3, -0.25) is 4.98 Å². The van der Waals surface area contributed by atoms with Crippen molar-refractivity contribution in [2.75, 3.05) is 0 Å². The molecule has 4 heteroatoms. The summed E-state index contributed by atoms with van der Waals surface area (Å²) >= 11 is 0. The van der Waals surface area contributed by atoms with E-state index in [0.29, 0.717) is 0 Å². The predicted molar refractivity (Wildman–Crippen MR) is 67.3 cm³/mol. The summed E-state index contributed by atoms with van der Waals surface area (Å²) in [7, 11) is -1.45. The van der Waals surface area contributed by atoms with Crippen LogP contribution in [0.1, 0.15) is 5.69 Å². The molecule has 3 rings (SSSR count). The van der Waals surface area contributed by atoms with Gasteiger partial charge in [-0.15, -0.1) is 0 Å². The zero-order valence-electron chi connectivity index (χ0n) is 9.86. The second-order valence-electron chi connectivity index (χ2n) is 5.09. The highest BCUT2D eigenvalue weighted by Crippen LogP contribution is 2.26. The second kappa shape index (κ2) is 3.04. The summed E-state index contributed by atoms with van der Waals surface area (Å²) in [5, 5.41) is 1.30. The van der Waals surface area contributed by atoms with Crippen LogP contribution in [0.3, 0.4) is 0 Å². The van der Waals surface area contributed by atoms with Gasteiger partial charge >= 0.3 is 0 Å². The number of aryl methyl sites for hydroxylation is 1. The molecule has 3 nitrogen and oxygen atoms in total. The van der Waals surface area contributed by atoms with E-state index < -0.39 is 8.07 Å². The van der Waals surface area contributed by atoms with Crippen molar-refractivity contribution >= 4 is 13.4 Å². The van der Waals surface area contributed by atoms with Gasteiger partial charge in [0.05, 0.1) is 0 Å². The Labute approximate surface area is 96.2 Å². The Morgan fingerprint density at radius 2 is 2.12 bits per heavy atom. The standard InChI is InChI=1S/C12H15N3Si/c1-9-7-14-11-10-5-4-6-13-12(10)16(2,3)8-15(9)11/h4-7H,8H2,1-3H3. The average Bonchev–Trinajstić information content (AvgIpc) is 2.60. The maximum atomic E-state index is 4.59. The van der Waals surface area contributed by atoms with Crippen molar-refractivity contribution in [1.82, 2.24) is 14.5 Å². The summed E-state index contributed by atoms with van der Waals surface area (Å²) in [4.78, 5) is 9.10. The van der Waals surface area contributed by atoms with Crippen LogP contribution in [-0.4, -0.2) is 22.6 Å². The molecule has 0 spiro atoms. The minimum atomic E-state index is -1.45. The van der Waals surface area contributed by atoms with E-state index in [1.54, 1.807) is 0 Å². The summed E-state index contributed by atoms with van der Waals surface area (Å²) in [6.45, 7) is 6.88. The van der Waals surface area contributed by atoms with Crippen molar-refractivity contribution < 1.29 is 0 Å². The number of pyridine rings is 1. The zero-order valence-corrected chi connectivity index (χ0v) is 10.9. The molecule has 0 atom stereocenters. The van der Waals surface area contributed by atoms with Crippen LogP contribution in [0.15, 0.2) is 24.5 Å². The van der Waals surface area contributed by atoms with E-state index in [0.717, 1.165) is 12.0 Å². The summed E-state index contributed by atoms with van der Waals surface area (Å²) < 4.78 is 2.34. The van der Waals surface area contributed by atoms with Crippen molar-refractivity contribution in [3.05, 3.63) is 30.2 Å². The first-order valence-corrected chi connectivity index (χ1v) is 8.78. The molecule has 82 valence electrons. The van der Waals surface area contributed by atoms with Crippen LogP contribution in [-0.2, 0) is 6.17 Å². The lowest BCUT2D eigenvalue weighted by Gasteiger charge is -2.30. The summed E-state index contributed by atoms with van der Waals surface area (Å²) in [5.74, 6) is 1.09. The first kappa shape index (κ1) is 9.78. The van der Waals surface area contributed by atoms with E-state index >= 15 is 0 Å². The molecule has 1 aliphatic heterocycles. The van der Waals surface area contributed by atoms with Gasteiger partial charge in [0, 0.05) is 35.1 Å². The van der Waals surface area contributed by atoms with Crippen LogP contribution >= 0.6 is 0 Å². The van der Waals surface area contributed by atoms with Crippen molar-refractivity contribution in [2.45, 2.75) is 26.2 Å². The van der Waals surface area contributed by atoms with Crippen molar-refractivity contribution in [3.63, 3.8) is 0 Å². The van der Waals surface area contributed by atoms with E-state index in [-0.39, 0.29) is 0 Å². The van der Waals surface area contributed by atoms with Gasteiger partial charge in [0.1, 0.15) is 13.9 Å². The van der Waals surface area contributed by atoms with Crippen molar-refractivity contribution in [2.24, 2.45) is 0 Å². The van der Waals surface area contributed by atoms with Crippen LogP contribution in [0.25, 0.3) is 11.4 Å². The minimum Gasteiger partial charge on any atom is -0.331 e. The molecule has 0 aromatic carbocycles. The second-order valence-corrected chi connectivity index (χ2v) is 9.65. The Bertz CT molecular complexity index is 557. The van der Waals surface area contributed by atoms with Crippen molar-refractivity contribution in [3.8, 4) is 11.4 Å². The Hall–Kier alpha value is -1.42. The van der Waals surface area contributed by atoms with E-state index in [1.165, 1.54) is 16.6 Å². The molecule has 0 N–H and O–H groups in total. The number of fused-ring (bicyclic) bond motifs is 3. The first-order valence-electron chi connectivity index (χ1n) is 5.57. The third-order valence-corrected chi connectivity index (χ3v) is 6.09. The molecule has 0 saturated carbocycles. The first-order chi connectivity index (χ1) is 7.59. The summed E-state index contributed by atoms with van der Waals surface area (Å²) in [6, 6.07) is 4.15. The summed E-state index contributed by atoms with van der Waals surface area (Å²) in [6.07, 6.45) is 4.96. The Morgan fingerprint density at radius 3 is 2.94 bits per heavy atom. The predicted octanol–water partition coefficient (Wildman–Crippen LogP) is 1.72. The van der Waals surface area contributed by atoms with Crippen LogP contribution in [0.2, 0.25) is 13.1 Å². The highest BCUT2D eigenvalue weighted by Gasteiger charge is 2.35. The quantitative estimate of drug-likeness (QED) is 0.644. The van der Waals surface area contributed by atoms with Gasteiger partial charge in [0.2, 0.25) is 0 Å². The lowest BCUT2D eigenvalue weighted by Crippen LogP contribution is -2.51. The molecule has 1 aliphatic rings. The molecule has 16 heavy (non-hydrogen) atoms. The number of rotatable bonds is 0. The summed E-state index contributed by atoms with van der Waals surface area (Å²) in [5.41, 5.74) is 2.49. The molecular formula is C12H15N3Si. The lowest BCUT2D eigenvalue weighted by atomic mass is 10.2. The van der Waals surface area contributed by atoms with Crippen molar-refractivity contribution in [1.29, 1.82) is 0 Å². The minimum absolute atomic E-state index is 1.09. The zero-order chi connectivity index (χ0) is 11.3. The SMILES string of the molecule is Cc1cnc2n1C[Si](C)(C)c1ncccc1-2. The number of aromatic nitrogens is 3.